The van der Waals surface area contributed by atoms with Crippen LogP contribution < -0.4 is 15.9 Å². The molecule has 0 saturated heterocycles. The van der Waals surface area contributed by atoms with E-state index in [2.05, 4.69) is 114 Å². The van der Waals surface area contributed by atoms with Gasteiger partial charge in [-0.25, -0.2) is 0 Å². The molecule has 3 aromatic rings. The van der Waals surface area contributed by atoms with Gasteiger partial charge in [-0.3, -0.25) is 0 Å². The van der Waals surface area contributed by atoms with Crippen molar-refractivity contribution in [3.8, 4) is 0 Å². The van der Waals surface area contributed by atoms with Gasteiger partial charge in [0.2, 0.25) is 0 Å². The van der Waals surface area contributed by atoms with Crippen LogP contribution in [0.3, 0.4) is 0 Å². The number of hydrogen-bond donors (Lipinski definition) is 0. The molecule has 3 aromatic carbocycles. The van der Waals surface area contributed by atoms with Crippen molar-refractivity contribution in [3.63, 3.8) is 0 Å². The predicted octanol–water partition coefficient (Wildman–Crippen LogP) is 5.90. The molecule has 0 spiro atoms. The molecule has 1 fully saturated rings. The number of hydrogen-bond acceptors (Lipinski definition) is 2. The molecule has 0 radical (unpaired) electrons. The molecule has 162 valence electrons. The van der Waals surface area contributed by atoms with Gasteiger partial charge in [-0.1, -0.05) is 0 Å². The molecular formula is C27H30BrO2P. The standard InChI is InChI=1S/C27H30BrO2P/c1-4-30-26(29)20-27(2)19-24(27)23-17-11-12-18-25(23)31(3,28,21-13-7-5-8-14-21)22-15-9-6-10-16-22/h5-18,24H,4,19-20H2,1-3H3. The molecule has 0 bridgehead atoms. The van der Waals surface area contributed by atoms with E-state index in [0.29, 0.717) is 18.9 Å². The Morgan fingerprint density at radius 2 is 1.48 bits per heavy atom. The monoisotopic (exact) mass is 496 g/mol. The third kappa shape index (κ3) is 3.88. The van der Waals surface area contributed by atoms with Crippen molar-refractivity contribution in [2.24, 2.45) is 5.41 Å². The van der Waals surface area contributed by atoms with E-state index >= 15 is 0 Å². The van der Waals surface area contributed by atoms with E-state index in [4.69, 9.17) is 4.74 Å². The molecule has 2 unspecified atom stereocenters. The molecular weight excluding hydrogens is 467 g/mol. The number of rotatable bonds is 7. The van der Waals surface area contributed by atoms with Crippen molar-refractivity contribution in [3.05, 3.63) is 90.5 Å². The maximum absolute atomic E-state index is 12.2. The zero-order chi connectivity index (χ0) is 22.1. The first kappa shape index (κ1) is 22.2. The zero-order valence-electron chi connectivity index (χ0n) is 18.4. The molecule has 4 rings (SSSR count). The van der Waals surface area contributed by atoms with Gasteiger partial charge in [-0.2, -0.15) is 0 Å². The van der Waals surface area contributed by atoms with Crippen LogP contribution in [0, 0.1) is 5.41 Å². The second-order valence-electron chi connectivity index (χ2n) is 9.05. The molecule has 1 saturated carbocycles. The zero-order valence-corrected chi connectivity index (χ0v) is 20.9. The summed E-state index contributed by atoms with van der Waals surface area (Å²) >= 11 is 4.41. The summed E-state index contributed by atoms with van der Waals surface area (Å²) in [4.78, 5) is 12.2. The Labute approximate surface area is 193 Å². The van der Waals surface area contributed by atoms with Gasteiger partial charge in [0.1, 0.15) is 0 Å². The van der Waals surface area contributed by atoms with E-state index in [-0.39, 0.29) is 11.4 Å². The molecule has 0 N–H and O–H groups in total. The fourth-order valence-corrected chi connectivity index (χ4v) is 11.2. The minimum absolute atomic E-state index is 0.0486. The minimum atomic E-state index is -2.88. The summed E-state index contributed by atoms with van der Waals surface area (Å²) in [6.07, 6.45) is 1.48. The van der Waals surface area contributed by atoms with E-state index in [1.54, 1.807) is 0 Å². The molecule has 0 aliphatic heterocycles. The first-order valence-electron chi connectivity index (χ1n) is 10.9. The van der Waals surface area contributed by atoms with Crippen LogP contribution in [0.15, 0.2) is 84.9 Å². The molecule has 4 heteroatoms. The number of carbonyl (C=O) groups excluding carboxylic acids is 1. The Bertz CT molecular complexity index is 1040. The Hall–Kier alpha value is -1.96. The molecule has 1 aliphatic rings. The van der Waals surface area contributed by atoms with Crippen LogP contribution in [-0.4, -0.2) is 19.2 Å². The Morgan fingerprint density at radius 3 is 2.03 bits per heavy atom. The van der Waals surface area contributed by atoms with E-state index in [0.717, 1.165) is 6.42 Å². The van der Waals surface area contributed by atoms with Crippen molar-refractivity contribution < 1.29 is 9.53 Å². The summed E-state index contributed by atoms with van der Waals surface area (Å²) in [5, 5.41) is 1.08. The van der Waals surface area contributed by atoms with Gasteiger partial charge in [0.05, 0.1) is 0 Å². The quantitative estimate of drug-likeness (QED) is 0.300. The van der Waals surface area contributed by atoms with Gasteiger partial charge >= 0.3 is 194 Å². The third-order valence-corrected chi connectivity index (χ3v) is 15.0. The van der Waals surface area contributed by atoms with Gasteiger partial charge in [-0.15, -0.1) is 0 Å². The number of carbonyl (C=O) groups is 1. The number of esters is 1. The molecule has 0 heterocycles. The van der Waals surface area contributed by atoms with Gasteiger partial charge < -0.3 is 0 Å². The summed E-state index contributed by atoms with van der Waals surface area (Å²) in [5.41, 5.74) is 1.30. The molecule has 1 aliphatic carbocycles. The van der Waals surface area contributed by atoms with Crippen molar-refractivity contribution >= 4 is 42.7 Å². The van der Waals surface area contributed by atoms with Crippen LogP contribution in [0.25, 0.3) is 0 Å². The second-order valence-corrected chi connectivity index (χ2v) is 18.7. The van der Waals surface area contributed by atoms with Crippen molar-refractivity contribution in [2.45, 2.75) is 32.6 Å². The van der Waals surface area contributed by atoms with E-state index in [1.807, 2.05) is 6.92 Å². The van der Waals surface area contributed by atoms with Crippen LogP contribution >= 0.6 is 20.8 Å². The predicted molar refractivity (Wildman–Crippen MR) is 137 cm³/mol. The third-order valence-electron chi connectivity index (χ3n) is 6.83. The first-order chi connectivity index (χ1) is 14.8. The molecule has 0 aromatic heterocycles. The summed E-state index contributed by atoms with van der Waals surface area (Å²) in [6, 6.07) is 30.4. The number of benzene rings is 3. The molecule has 2 atom stereocenters. The first-order valence-corrected chi connectivity index (χ1v) is 15.6. The Morgan fingerprint density at radius 1 is 0.968 bits per heavy atom. The van der Waals surface area contributed by atoms with Gasteiger partial charge in [-0.05, 0) is 0 Å². The van der Waals surface area contributed by atoms with E-state index in [9.17, 15) is 4.79 Å². The summed E-state index contributed by atoms with van der Waals surface area (Å²) in [5.74, 6) is 0.253. The molecule has 0 amide bonds. The van der Waals surface area contributed by atoms with Crippen molar-refractivity contribution in [1.29, 1.82) is 0 Å². The van der Waals surface area contributed by atoms with E-state index in [1.165, 1.54) is 21.5 Å². The van der Waals surface area contributed by atoms with Crippen LogP contribution in [0.1, 0.15) is 38.2 Å². The summed E-state index contributed by atoms with van der Waals surface area (Å²) in [6.45, 7) is 6.91. The average molecular weight is 497 g/mol. The van der Waals surface area contributed by atoms with Gasteiger partial charge in [0.25, 0.3) is 0 Å². The van der Waals surface area contributed by atoms with Crippen LogP contribution in [0.5, 0.6) is 0 Å². The summed E-state index contributed by atoms with van der Waals surface area (Å²) < 4.78 is 5.26. The Balaban J connectivity index is 1.86. The maximum atomic E-state index is 12.2. The van der Waals surface area contributed by atoms with E-state index < -0.39 is 5.31 Å². The van der Waals surface area contributed by atoms with Crippen molar-refractivity contribution in [2.75, 3.05) is 13.3 Å². The van der Waals surface area contributed by atoms with Gasteiger partial charge in [0, 0.05) is 0 Å². The van der Waals surface area contributed by atoms with Crippen LogP contribution in [-0.2, 0) is 9.53 Å². The SMILES string of the molecule is CCOC(=O)CC1(C)CC1c1ccccc1P(C)(Br)(c1ccccc1)c1ccccc1. The normalized spacial score (nSPS) is 21.7. The number of ether oxygens (including phenoxy) is 1. The van der Waals surface area contributed by atoms with Crippen LogP contribution in [0.2, 0.25) is 0 Å². The Kier molecular flexibility index (Phi) is 5.87. The van der Waals surface area contributed by atoms with Crippen LogP contribution in [0.4, 0.5) is 0 Å². The fraction of sp³-hybridized carbons (Fsp3) is 0.296. The van der Waals surface area contributed by atoms with Gasteiger partial charge in [0.15, 0.2) is 0 Å². The molecule has 31 heavy (non-hydrogen) atoms. The molecule has 2 nitrogen and oxygen atoms in total. The topological polar surface area (TPSA) is 26.3 Å². The fourth-order valence-electron chi connectivity index (χ4n) is 4.89. The van der Waals surface area contributed by atoms with Crippen molar-refractivity contribution in [1.82, 2.24) is 0 Å². The second kappa shape index (κ2) is 8.19. The summed E-state index contributed by atoms with van der Waals surface area (Å²) in [7, 11) is 0. The number of halogens is 1. The average Bonchev–Trinajstić information content (AvgIpc) is 3.45.